The highest BCUT2D eigenvalue weighted by molar-refractivity contribution is 5.82. The van der Waals surface area contributed by atoms with Gasteiger partial charge in [-0.2, -0.15) is 9.97 Å². The average Bonchev–Trinajstić information content (AvgIpc) is 3.02. The van der Waals surface area contributed by atoms with Crippen molar-refractivity contribution in [1.29, 1.82) is 0 Å². The van der Waals surface area contributed by atoms with Crippen LogP contribution in [0, 0.1) is 0 Å². The molecule has 0 aliphatic carbocycles. The molecular weight excluding hydrogens is 278 g/mol. The van der Waals surface area contributed by atoms with Crippen LogP contribution in [-0.4, -0.2) is 43.4 Å². The maximum Gasteiger partial charge on any atom is 0.224 e. The second-order valence-corrected chi connectivity index (χ2v) is 4.61. The lowest BCUT2D eigenvalue weighted by Crippen LogP contribution is -2.22. The zero-order chi connectivity index (χ0) is 15.0. The molecule has 21 heavy (non-hydrogen) atoms. The Morgan fingerprint density at radius 1 is 1.52 bits per heavy atom. The molecule has 0 saturated carbocycles. The number of azide groups is 1. The van der Waals surface area contributed by atoms with Crippen molar-refractivity contribution in [3.63, 3.8) is 0 Å². The van der Waals surface area contributed by atoms with Crippen LogP contribution in [0.15, 0.2) is 11.4 Å². The van der Waals surface area contributed by atoms with Gasteiger partial charge in [-0.15, -0.1) is 0 Å². The van der Waals surface area contributed by atoms with Gasteiger partial charge in [0.25, 0.3) is 0 Å². The third-order valence-corrected chi connectivity index (χ3v) is 3.36. The highest BCUT2D eigenvalue weighted by atomic mass is 16.5. The van der Waals surface area contributed by atoms with Crippen molar-refractivity contribution in [2.24, 2.45) is 5.11 Å². The lowest BCUT2D eigenvalue weighted by atomic mass is 10.1. The van der Waals surface area contributed by atoms with Crippen LogP contribution in [-0.2, 0) is 4.74 Å². The SMILES string of the molecule is [N-]=[N+]=N[C@H]1C[C@@H](n2cnc3c(N)nc(N)nc32)O[C@@H]1CO. The molecule has 2 aromatic heterocycles. The highest BCUT2D eigenvalue weighted by Gasteiger charge is 2.36. The van der Waals surface area contributed by atoms with E-state index in [0.29, 0.717) is 17.6 Å². The van der Waals surface area contributed by atoms with Gasteiger partial charge in [-0.1, -0.05) is 5.11 Å². The minimum Gasteiger partial charge on any atom is -0.394 e. The molecule has 1 fully saturated rings. The molecular formula is C10H13N9O2. The van der Waals surface area contributed by atoms with Crippen LogP contribution >= 0.6 is 0 Å². The van der Waals surface area contributed by atoms with Gasteiger partial charge in [-0.25, -0.2) is 4.98 Å². The summed E-state index contributed by atoms with van der Waals surface area (Å²) in [7, 11) is 0. The summed E-state index contributed by atoms with van der Waals surface area (Å²) in [6.45, 7) is -0.244. The Bertz CT molecular complexity index is 723. The van der Waals surface area contributed by atoms with Crippen molar-refractivity contribution in [2.75, 3.05) is 18.1 Å². The smallest absolute Gasteiger partial charge is 0.224 e. The quantitative estimate of drug-likeness (QED) is 0.403. The summed E-state index contributed by atoms with van der Waals surface area (Å²) < 4.78 is 7.31. The summed E-state index contributed by atoms with van der Waals surface area (Å²) in [6.07, 6.45) is 0.855. The van der Waals surface area contributed by atoms with E-state index in [1.165, 1.54) is 6.33 Å². The van der Waals surface area contributed by atoms with Crippen LogP contribution in [0.1, 0.15) is 12.6 Å². The molecule has 3 atom stereocenters. The van der Waals surface area contributed by atoms with Crippen molar-refractivity contribution in [2.45, 2.75) is 24.8 Å². The molecule has 5 N–H and O–H groups in total. The van der Waals surface area contributed by atoms with Crippen LogP contribution < -0.4 is 11.5 Å². The van der Waals surface area contributed by atoms with E-state index in [0.717, 1.165) is 0 Å². The number of anilines is 2. The fourth-order valence-corrected chi connectivity index (χ4v) is 2.40. The number of imidazole rings is 1. The fraction of sp³-hybridized carbons (Fsp3) is 0.500. The molecule has 3 rings (SSSR count). The molecule has 0 aromatic carbocycles. The minimum absolute atomic E-state index is 0.0325. The number of nitrogen functional groups attached to an aromatic ring is 2. The number of aliphatic hydroxyl groups excluding tert-OH is 1. The van der Waals surface area contributed by atoms with E-state index in [9.17, 15) is 5.11 Å². The van der Waals surface area contributed by atoms with E-state index in [2.05, 4.69) is 25.0 Å². The van der Waals surface area contributed by atoms with Crippen molar-refractivity contribution in [3.05, 3.63) is 16.8 Å². The van der Waals surface area contributed by atoms with E-state index < -0.39 is 18.4 Å². The van der Waals surface area contributed by atoms with Gasteiger partial charge in [0, 0.05) is 11.3 Å². The number of ether oxygens (including phenoxy) is 1. The van der Waals surface area contributed by atoms with Crippen molar-refractivity contribution >= 4 is 22.9 Å². The number of nitrogens with zero attached hydrogens (tertiary/aromatic N) is 7. The lowest BCUT2D eigenvalue weighted by Gasteiger charge is -2.14. The van der Waals surface area contributed by atoms with Gasteiger partial charge in [0.2, 0.25) is 5.95 Å². The number of hydrogen-bond donors (Lipinski definition) is 3. The summed E-state index contributed by atoms with van der Waals surface area (Å²) in [4.78, 5) is 14.8. The van der Waals surface area contributed by atoms with Crippen molar-refractivity contribution in [1.82, 2.24) is 19.5 Å². The summed E-state index contributed by atoms with van der Waals surface area (Å²) in [5, 5.41) is 12.9. The molecule has 1 aliphatic rings. The van der Waals surface area contributed by atoms with Crippen LogP contribution in [0.5, 0.6) is 0 Å². The number of aromatic nitrogens is 4. The zero-order valence-electron chi connectivity index (χ0n) is 10.9. The Hall–Kier alpha value is -2.62. The molecule has 0 bridgehead atoms. The van der Waals surface area contributed by atoms with Gasteiger partial charge in [0.05, 0.1) is 25.1 Å². The van der Waals surface area contributed by atoms with E-state index in [1.807, 2.05) is 0 Å². The van der Waals surface area contributed by atoms with Crippen molar-refractivity contribution in [3.8, 4) is 0 Å². The monoisotopic (exact) mass is 291 g/mol. The Labute approximate surface area is 118 Å². The van der Waals surface area contributed by atoms with E-state index in [1.54, 1.807) is 4.57 Å². The first kappa shape index (κ1) is 13.4. The maximum absolute atomic E-state index is 9.28. The minimum atomic E-state index is -0.570. The van der Waals surface area contributed by atoms with Gasteiger partial charge in [-0.3, -0.25) is 4.57 Å². The Balaban J connectivity index is 2.00. The predicted octanol–water partition coefficient (Wildman–Crippen LogP) is -0.0506. The lowest BCUT2D eigenvalue weighted by molar-refractivity contribution is -0.0232. The number of rotatable bonds is 3. The third kappa shape index (κ3) is 2.18. The number of nitrogens with two attached hydrogens (primary N) is 2. The Morgan fingerprint density at radius 2 is 2.33 bits per heavy atom. The highest BCUT2D eigenvalue weighted by Crippen LogP contribution is 2.33. The first-order valence-electron chi connectivity index (χ1n) is 6.20. The number of aliphatic hydroxyl groups is 1. The van der Waals surface area contributed by atoms with Gasteiger partial charge in [-0.05, 0) is 5.53 Å². The Morgan fingerprint density at radius 3 is 3.05 bits per heavy atom. The molecule has 0 radical (unpaired) electrons. The third-order valence-electron chi connectivity index (χ3n) is 3.36. The second-order valence-electron chi connectivity index (χ2n) is 4.61. The summed E-state index contributed by atoms with van der Waals surface area (Å²) in [6, 6.07) is -0.459. The number of hydrogen-bond acceptors (Lipinski definition) is 8. The predicted molar refractivity (Wildman–Crippen MR) is 72.7 cm³/mol. The van der Waals surface area contributed by atoms with Crippen molar-refractivity contribution < 1.29 is 9.84 Å². The van der Waals surface area contributed by atoms with Gasteiger partial charge < -0.3 is 21.3 Å². The molecule has 0 unspecified atom stereocenters. The molecule has 0 spiro atoms. The van der Waals surface area contributed by atoms with Crippen LogP contribution in [0.3, 0.4) is 0 Å². The first-order valence-corrected chi connectivity index (χ1v) is 6.20. The van der Waals surface area contributed by atoms with Gasteiger partial charge in [0.1, 0.15) is 11.7 Å². The first-order chi connectivity index (χ1) is 10.1. The second kappa shape index (κ2) is 5.05. The fourth-order valence-electron chi connectivity index (χ4n) is 2.40. The molecule has 3 heterocycles. The Kier molecular flexibility index (Phi) is 3.22. The molecule has 11 nitrogen and oxygen atoms in total. The van der Waals surface area contributed by atoms with Gasteiger partial charge in [0.15, 0.2) is 11.5 Å². The molecule has 2 aromatic rings. The average molecular weight is 291 g/mol. The summed E-state index contributed by atoms with van der Waals surface area (Å²) in [5.41, 5.74) is 20.7. The molecule has 0 amide bonds. The maximum atomic E-state index is 9.28. The van der Waals surface area contributed by atoms with E-state index in [-0.39, 0.29) is 18.4 Å². The van der Waals surface area contributed by atoms with Crippen LogP contribution in [0.2, 0.25) is 0 Å². The summed E-state index contributed by atoms with van der Waals surface area (Å²) >= 11 is 0. The number of fused-ring (bicyclic) bond motifs is 1. The molecule has 110 valence electrons. The largest absolute Gasteiger partial charge is 0.394 e. The van der Waals surface area contributed by atoms with Crippen LogP contribution in [0.25, 0.3) is 21.6 Å². The van der Waals surface area contributed by atoms with Crippen LogP contribution in [0.4, 0.5) is 11.8 Å². The summed E-state index contributed by atoms with van der Waals surface area (Å²) in [5.74, 6) is 0.213. The zero-order valence-corrected chi connectivity index (χ0v) is 10.9. The normalized spacial score (nSPS) is 25.1. The molecule has 11 heteroatoms. The van der Waals surface area contributed by atoms with E-state index in [4.69, 9.17) is 21.7 Å². The topological polar surface area (TPSA) is 174 Å². The molecule has 1 saturated heterocycles. The van der Waals surface area contributed by atoms with E-state index >= 15 is 0 Å². The standard InChI is InChI=1S/C10H13N9O2/c11-8-7-9(16-10(12)15-8)19(3-14-7)6-1-4(17-18-13)5(2-20)21-6/h3-6,20H,1-2H2,(H4,11,12,15,16)/t4-,5+,6-/m0/s1. The van der Waals surface area contributed by atoms with Gasteiger partial charge >= 0.3 is 0 Å². The molecule has 1 aliphatic heterocycles.